The van der Waals surface area contributed by atoms with Gasteiger partial charge in [0.05, 0.1) is 0 Å². The zero-order chi connectivity index (χ0) is 38.9. The van der Waals surface area contributed by atoms with Crippen molar-refractivity contribution in [1.82, 2.24) is 0 Å². The third-order valence-electron chi connectivity index (χ3n) is 12.7. The van der Waals surface area contributed by atoms with Crippen LogP contribution in [0.15, 0.2) is 218 Å². The van der Waals surface area contributed by atoms with Crippen molar-refractivity contribution in [3.8, 4) is 33.4 Å². The second-order valence-electron chi connectivity index (χ2n) is 15.8. The molecule has 59 heavy (non-hydrogen) atoms. The first-order valence-electron chi connectivity index (χ1n) is 20.6. The molecule has 0 spiro atoms. The molecule has 1 heteroatoms. The number of benzene rings is 9. The second kappa shape index (κ2) is 13.8. The van der Waals surface area contributed by atoms with Crippen LogP contribution in [0, 0.1) is 11.8 Å². The van der Waals surface area contributed by atoms with Crippen molar-refractivity contribution in [2.24, 2.45) is 11.8 Å². The quantitative estimate of drug-likeness (QED) is 0.153. The van der Waals surface area contributed by atoms with Gasteiger partial charge in [0.2, 0.25) is 0 Å². The van der Waals surface area contributed by atoms with Crippen molar-refractivity contribution in [3.05, 3.63) is 240 Å². The van der Waals surface area contributed by atoms with Crippen LogP contribution >= 0.6 is 11.3 Å². The van der Waals surface area contributed by atoms with E-state index in [0.717, 1.165) is 0 Å². The predicted molar refractivity (Wildman–Crippen MR) is 253 cm³/mol. The molecule has 0 fully saturated rings. The molecule has 276 valence electrons. The fourth-order valence-electron chi connectivity index (χ4n) is 10.2. The van der Waals surface area contributed by atoms with Crippen molar-refractivity contribution in [2.45, 2.75) is 0 Å². The number of fused-ring (bicyclic) bond motifs is 7. The summed E-state index contributed by atoms with van der Waals surface area (Å²) in [5, 5.41) is 10.4. The van der Waals surface area contributed by atoms with E-state index in [1.807, 2.05) is 11.3 Å². The molecule has 0 radical (unpaired) electrons. The summed E-state index contributed by atoms with van der Waals surface area (Å²) in [7, 11) is 0. The maximum atomic E-state index is 2.51. The number of hydrogen-bond donors (Lipinski definition) is 0. The monoisotopic (exact) mass is 766 g/mol. The number of allylic oxidation sites excluding steroid dienone is 4. The highest BCUT2D eigenvalue weighted by atomic mass is 32.1. The fraction of sp³-hybridized carbons (Fsp3) is 0.0345. The summed E-state index contributed by atoms with van der Waals surface area (Å²) in [6, 6.07) is 72.1. The average Bonchev–Trinajstić information content (AvgIpc) is 3.69. The molecular formula is C58H38S. The smallest absolute Gasteiger partial charge is 0.0361 e. The van der Waals surface area contributed by atoms with Gasteiger partial charge in [0.1, 0.15) is 0 Å². The molecule has 2 aliphatic carbocycles. The molecule has 1 heterocycles. The Labute approximate surface area is 347 Å². The maximum absolute atomic E-state index is 2.51. The first-order chi connectivity index (χ1) is 29.3. The van der Waals surface area contributed by atoms with Gasteiger partial charge in [0, 0.05) is 32.0 Å². The Balaban J connectivity index is 1.12. The van der Waals surface area contributed by atoms with Crippen molar-refractivity contribution in [1.29, 1.82) is 0 Å². The van der Waals surface area contributed by atoms with Crippen molar-refractivity contribution >= 4 is 64.2 Å². The highest BCUT2D eigenvalue weighted by molar-refractivity contribution is 7.26. The second-order valence-corrected chi connectivity index (χ2v) is 16.9. The Morgan fingerprint density at radius 2 is 0.847 bits per heavy atom. The Morgan fingerprint density at radius 3 is 1.51 bits per heavy atom. The summed E-state index contributed by atoms with van der Waals surface area (Å²) in [4.78, 5) is 0. The fourth-order valence-corrected chi connectivity index (χ4v) is 11.3. The molecule has 0 bridgehead atoms. The molecule has 0 nitrogen and oxygen atoms in total. The van der Waals surface area contributed by atoms with E-state index in [-0.39, 0.29) is 11.8 Å². The van der Waals surface area contributed by atoms with Gasteiger partial charge in [-0.15, -0.1) is 11.3 Å². The van der Waals surface area contributed by atoms with E-state index in [9.17, 15) is 0 Å². The van der Waals surface area contributed by atoms with Gasteiger partial charge in [-0.2, -0.15) is 0 Å². The summed E-state index contributed by atoms with van der Waals surface area (Å²) in [6.45, 7) is 0. The third kappa shape index (κ3) is 5.43. The van der Waals surface area contributed by atoms with Crippen molar-refractivity contribution in [3.63, 3.8) is 0 Å². The number of thiophene rings is 1. The maximum Gasteiger partial charge on any atom is 0.0361 e. The molecule has 0 amide bonds. The van der Waals surface area contributed by atoms with Gasteiger partial charge in [-0.1, -0.05) is 194 Å². The van der Waals surface area contributed by atoms with E-state index in [2.05, 4.69) is 218 Å². The Bertz CT molecular complexity index is 3430. The molecule has 0 N–H and O–H groups in total. The minimum atomic E-state index is 0.229. The molecule has 0 saturated carbocycles. The van der Waals surface area contributed by atoms with E-state index in [4.69, 9.17) is 0 Å². The summed E-state index contributed by atoms with van der Waals surface area (Å²) < 4.78 is 2.63. The molecular weight excluding hydrogens is 729 g/mol. The van der Waals surface area contributed by atoms with Gasteiger partial charge in [-0.3, -0.25) is 0 Å². The molecule has 2 aliphatic rings. The zero-order valence-corrected chi connectivity index (χ0v) is 33.2. The number of rotatable bonds is 5. The van der Waals surface area contributed by atoms with Crippen LogP contribution < -0.4 is 10.4 Å². The van der Waals surface area contributed by atoms with Gasteiger partial charge in [0.25, 0.3) is 0 Å². The molecule has 9 aromatic carbocycles. The molecule has 12 rings (SSSR count). The third-order valence-corrected chi connectivity index (χ3v) is 13.8. The summed E-state index contributed by atoms with van der Waals surface area (Å²) in [6.07, 6.45) is 9.32. The van der Waals surface area contributed by atoms with E-state index >= 15 is 0 Å². The van der Waals surface area contributed by atoms with Crippen LogP contribution in [0.4, 0.5) is 0 Å². The highest BCUT2D eigenvalue weighted by Gasteiger charge is 2.32. The van der Waals surface area contributed by atoms with Crippen molar-refractivity contribution < 1.29 is 0 Å². The summed E-state index contributed by atoms with van der Waals surface area (Å²) >= 11 is 1.90. The van der Waals surface area contributed by atoms with E-state index in [1.54, 1.807) is 0 Å². The average molecular weight is 767 g/mol. The largest absolute Gasteiger partial charge is 0.135 e. The van der Waals surface area contributed by atoms with E-state index in [1.165, 1.54) is 108 Å². The molecule has 0 aliphatic heterocycles. The topological polar surface area (TPSA) is 0 Å². The SMILES string of the molecule is C1=CC2C(c3ccccc3)=c3ccccc3=C(c3ccc4sc5cccc(-c6c7ccccc7c(-c7cccc(-c8ccccc8)c7)c7ccccc67)c5c4c3)C2C=C1. The van der Waals surface area contributed by atoms with Gasteiger partial charge in [-0.25, -0.2) is 0 Å². The van der Waals surface area contributed by atoms with Crippen LogP contribution in [0.3, 0.4) is 0 Å². The molecule has 10 aromatic rings. The lowest BCUT2D eigenvalue weighted by atomic mass is 9.70. The van der Waals surface area contributed by atoms with Crippen LogP contribution in [0.2, 0.25) is 0 Å². The normalized spacial score (nSPS) is 15.9. The Kier molecular flexibility index (Phi) is 7.96. The first-order valence-corrected chi connectivity index (χ1v) is 21.4. The van der Waals surface area contributed by atoms with Crippen LogP contribution in [-0.2, 0) is 0 Å². The van der Waals surface area contributed by atoms with Crippen LogP contribution in [0.25, 0.3) is 86.2 Å². The molecule has 0 saturated heterocycles. The lowest BCUT2D eigenvalue weighted by Crippen LogP contribution is -2.40. The number of hydrogen-bond acceptors (Lipinski definition) is 1. The lowest BCUT2D eigenvalue weighted by Gasteiger charge is -2.33. The van der Waals surface area contributed by atoms with Gasteiger partial charge < -0.3 is 0 Å². The van der Waals surface area contributed by atoms with Crippen LogP contribution in [0.5, 0.6) is 0 Å². The Morgan fingerprint density at radius 1 is 0.322 bits per heavy atom. The van der Waals surface area contributed by atoms with Crippen LogP contribution in [0.1, 0.15) is 11.1 Å². The standard InChI is InChI=1S/C58H38S/c1-3-17-37(18-4-1)39-21-15-22-40(35-39)55-46-27-11-13-29-48(46)57(49-30-14-12-28-47(49)55)50-31-16-32-53-58(50)51-36-41(33-34-52(51)59-53)56-44-25-9-7-23-42(44)54(38-19-5-2-6-20-38)43-24-8-10-26-45(43)56/h1-36,42,44H. The van der Waals surface area contributed by atoms with Gasteiger partial charge >= 0.3 is 0 Å². The van der Waals surface area contributed by atoms with Crippen LogP contribution in [-0.4, -0.2) is 0 Å². The highest BCUT2D eigenvalue weighted by Crippen LogP contribution is 2.49. The Hall–Kier alpha value is -7.06. The zero-order valence-electron chi connectivity index (χ0n) is 32.3. The molecule has 1 aromatic heterocycles. The molecule has 2 unspecified atom stereocenters. The van der Waals surface area contributed by atoms with E-state index in [0.29, 0.717) is 0 Å². The minimum Gasteiger partial charge on any atom is -0.135 e. The first kappa shape index (κ1) is 34.0. The van der Waals surface area contributed by atoms with Gasteiger partial charge in [0.15, 0.2) is 0 Å². The predicted octanol–water partition coefficient (Wildman–Crippen LogP) is 14.1. The minimum absolute atomic E-state index is 0.229. The van der Waals surface area contributed by atoms with Crippen molar-refractivity contribution in [2.75, 3.05) is 0 Å². The summed E-state index contributed by atoms with van der Waals surface area (Å²) in [5.41, 5.74) is 13.0. The summed E-state index contributed by atoms with van der Waals surface area (Å²) in [5.74, 6) is 0.482. The van der Waals surface area contributed by atoms with Gasteiger partial charge in [-0.05, 0) is 112 Å². The van der Waals surface area contributed by atoms with E-state index < -0.39 is 0 Å². The molecule has 2 atom stereocenters. The lowest BCUT2D eigenvalue weighted by molar-refractivity contribution is 0.686.